The molecule has 0 aliphatic heterocycles. The Kier molecular flexibility index (Phi) is 8.83. The molecule has 0 unspecified atom stereocenters. The lowest BCUT2D eigenvalue weighted by Crippen LogP contribution is -2.23. The zero-order chi connectivity index (χ0) is 23.5. The van der Waals surface area contributed by atoms with E-state index in [1.54, 1.807) is 36.7 Å². The van der Waals surface area contributed by atoms with Crippen LogP contribution in [0.5, 0.6) is 5.75 Å². The fraction of sp³-hybridized carbons (Fsp3) is 0.318. The Morgan fingerprint density at radius 1 is 1.12 bits per heavy atom. The maximum absolute atomic E-state index is 12.5. The van der Waals surface area contributed by atoms with Crippen LogP contribution in [0.4, 0.5) is 4.39 Å². The van der Waals surface area contributed by atoms with Gasteiger partial charge >= 0.3 is 0 Å². The molecule has 0 aliphatic rings. The number of carbonyl (C=O) groups is 2. The number of halogens is 1. The number of hydrogen-bond donors (Lipinski definition) is 2. The van der Waals surface area contributed by atoms with Crippen molar-refractivity contribution >= 4 is 11.8 Å². The summed E-state index contributed by atoms with van der Waals surface area (Å²) in [6, 6.07) is 8.47. The number of carbonyl (C=O) groups excluding carboxylic acids is 2. The maximum atomic E-state index is 12.5. The molecule has 0 saturated carbocycles. The molecule has 0 saturated heterocycles. The molecule has 1 aromatic carbocycles. The van der Waals surface area contributed by atoms with Crippen molar-refractivity contribution in [1.82, 2.24) is 30.6 Å². The van der Waals surface area contributed by atoms with Crippen molar-refractivity contribution in [2.75, 3.05) is 33.0 Å². The van der Waals surface area contributed by atoms with Crippen LogP contribution in [0.3, 0.4) is 0 Å². The SMILES string of the molecule is CCNC(=O)c1ccc(-n2cc(C(=O)NCc3cccnc3)nn2)c(OCCOCCF)c1. The van der Waals surface area contributed by atoms with Gasteiger partial charge in [-0.3, -0.25) is 14.6 Å². The predicted molar refractivity (Wildman–Crippen MR) is 117 cm³/mol. The van der Waals surface area contributed by atoms with Gasteiger partial charge in [-0.15, -0.1) is 5.10 Å². The Balaban J connectivity index is 1.75. The fourth-order valence-corrected chi connectivity index (χ4v) is 2.85. The van der Waals surface area contributed by atoms with Crippen molar-refractivity contribution in [3.05, 3.63) is 65.7 Å². The summed E-state index contributed by atoms with van der Waals surface area (Å²) >= 11 is 0. The second-order valence-electron chi connectivity index (χ2n) is 6.78. The van der Waals surface area contributed by atoms with Crippen molar-refractivity contribution in [3.63, 3.8) is 0 Å². The molecule has 0 spiro atoms. The van der Waals surface area contributed by atoms with Crippen LogP contribution in [0.25, 0.3) is 5.69 Å². The molecule has 0 aliphatic carbocycles. The third-order valence-electron chi connectivity index (χ3n) is 4.41. The number of pyridine rings is 1. The molecule has 2 N–H and O–H groups in total. The number of nitrogens with one attached hydrogen (secondary N) is 2. The number of alkyl halides is 1. The lowest BCUT2D eigenvalue weighted by atomic mass is 10.1. The summed E-state index contributed by atoms with van der Waals surface area (Å²) in [5.41, 5.74) is 1.84. The summed E-state index contributed by atoms with van der Waals surface area (Å²) in [6.45, 7) is 2.32. The maximum Gasteiger partial charge on any atom is 0.273 e. The van der Waals surface area contributed by atoms with E-state index >= 15 is 0 Å². The Morgan fingerprint density at radius 2 is 2.00 bits per heavy atom. The Morgan fingerprint density at radius 3 is 2.76 bits per heavy atom. The first-order valence-corrected chi connectivity index (χ1v) is 10.4. The van der Waals surface area contributed by atoms with Gasteiger partial charge < -0.3 is 20.1 Å². The Hall–Kier alpha value is -3.86. The van der Waals surface area contributed by atoms with E-state index in [0.717, 1.165) is 5.56 Å². The molecule has 3 rings (SSSR count). The van der Waals surface area contributed by atoms with Crippen molar-refractivity contribution in [2.24, 2.45) is 0 Å². The lowest BCUT2D eigenvalue weighted by molar-refractivity contribution is 0.0894. The summed E-state index contributed by atoms with van der Waals surface area (Å²) in [4.78, 5) is 28.7. The number of benzene rings is 1. The normalized spacial score (nSPS) is 10.6. The molecule has 2 heterocycles. The lowest BCUT2D eigenvalue weighted by Gasteiger charge is -2.13. The van der Waals surface area contributed by atoms with Crippen molar-refractivity contribution in [3.8, 4) is 11.4 Å². The summed E-state index contributed by atoms with van der Waals surface area (Å²) in [5, 5.41) is 13.4. The van der Waals surface area contributed by atoms with Gasteiger partial charge in [0.15, 0.2) is 5.69 Å². The number of nitrogens with zero attached hydrogens (tertiary/aromatic N) is 4. The molecule has 0 atom stereocenters. The van der Waals surface area contributed by atoms with E-state index in [1.807, 2.05) is 13.0 Å². The second kappa shape index (κ2) is 12.2. The quantitative estimate of drug-likeness (QED) is 0.398. The van der Waals surface area contributed by atoms with E-state index in [0.29, 0.717) is 30.1 Å². The number of amides is 2. The van der Waals surface area contributed by atoms with Gasteiger partial charge in [0, 0.05) is 31.0 Å². The average molecular weight is 456 g/mol. The van der Waals surface area contributed by atoms with Gasteiger partial charge in [-0.2, -0.15) is 0 Å². The van der Waals surface area contributed by atoms with Crippen molar-refractivity contribution in [1.29, 1.82) is 0 Å². The summed E-state index contributed by atoms with van der Waals surface area (Å²) in [7, 11) is 0. The van der Waals surface area contributed by atoms with Crippen LogP contribution in [0, 0.1) is 0 Å². The monoisotopic (exact) mass is 456 g/mol. The highest BCUT2D eigenvalue weighted by molar-refractivity contribution is 5.95. The molecule has 10 nitrogen and oxygen atoms in total. The third-order valence-corrected chi connectivity index (χ3v) is 4.41. The van der Waals surface area contributed by atoms with Gasteiger partial charge in [-0.05, 0) is 36.8 Å². The van der Waals surface area contributed by atoms with Crippen molar-refractivity contribution < 1.29 is 23.5 Å². The number of hydrogen-bond acceptors (Lipinski definition) is 7. The van der Waals surface area contributed by atoms with E-state index in [1.165, 1.54) is 10.9 Å². The van der Waals surface area contributed by atoms with Crippen LogP contribution in [0.15, 0.2) is 48.9 Å². The van der Waals surface area contributed by atoms with Gasteiger partial charge in [0.25, 0.3) is 11.8 Å². The highest BCUT2D eigenvalue weighted by atomic mass is 19.1. The fourth-order valence-electron chi connectivity index (χ4n) is 2.85. The minimum Gasteiger partial charge on any atom is -0.489 e. The van der Waals surface area contributed by atoms with Gasteiger partial charge in [-0.1, -0.05) is 11.3 Å². The van der Waals surface area contributed by atoms with Crippen LogP contribution in [0.1, 0.15) is 33.3 Å². The molecule has 0 radical (unpaired) electrons. The first-order chi connectivity index (χ1) is 16.1. The molecule has 174 valence electrons. The summed E-state index contributed by atoms with van der Waals surface area (Å²) in [6.07, 6.45) is 4.78. The van der Waals surface area contributed by atoms with Gasteiger partial charge in [0.2, 0.25) is 0 Å². The van der Waals surface area contributed by atoms with Crippen LogP contribution in [0.2, 0.25) is 0 Å². The minimum absolute atomic E-state index is 0.0181. The third kappa shape index (κ3) is 6.81. The highest BCUT2D eigenvalue weighted by Gasteiger charge is 2.16. The number of ether oxygens (including phenoxy) is 2. The molecule has 2 amide bonds. The standard InChI is InChI=1S/C22H25FN6O4/c1-2-25-21(30)17-5-6-19(20(12-17)33-11-10-32-9-7-23)29-15-18(27-28-29)22(31)26-14-16-4-3-8-24-13-16/h3-6,8,12-13,15H,2,7,9-11,14H2,1H3,(H,25,30)(H,26,31). The summed E-state index contributed by atoms with van der Waals surface area (Å²) in [5.74, 6) is -0.308. The van der Waals surface area contributed by atoms with Crippen molar-refractivity contribution in [2.45, 2.75) is 13.5 Å². The van der Waals surface area contributed by atoms with Crippen LogP contribution in [-0.2, 0) is 11.3 Å². The van der Waals surface area contributed by atoms with E-state index in [9.17, 15) is 14.0 Å². The highest BCUT2D eigenvalue weighted by Crippen LogP contribution is 2.24. The van der Waals surface area contributed by atoms with E-state index in [-0.39, 0.29) is 31.4 Å². The summed E-state index contributed by atoms with van der Waals surface area (Å²) < 4.78 is 24.4. The first kappa shape index (κ1) is 23.8. The molecule has 11 heteroatoms. The molecule has 0 fully saturated rings. The number of aromatic nitrogens is 4. The van der Waals surface area contributed by atoms with E-state index < -0.39 is 12.6 Å². The first-order valence-electron chi connectivity index (χ1n) is 10.4. The molecule has 33 heavy (non-hydrogen) atoms. The Labute approximate surface area is 190 Å². The molecule has 3 aromatic rings. The molecular formula is C22H25FN6O4. The largest absolute Gasteiger partial charge is 0.489 e. The van der Waals surface area contributed by atoms with Crippen LogP contribution < -0.4 is 15.4 Å². The second-order valence-corrected chi connectivity index (χ2v) is 6.78. The van der Waals surface area contributed by atoms with E-state index in [2.05, 4.69) is 25.9 Å². The number of rotatable bonds is 12. The average Bonchev–Trinajstić information content (AvgIpc) is 3.33. The van der Waals surface area contributed by atoms with Gasteiger partial charge in [0.1, 0.15) is 24.7 Å². The Bertz CT molecular complexity index is 1060. The molecule has 0 bridgehead atoms. The van der Waals surface area contributed by atoms with Crippen LogP contribution in [-0.4, -0.2) is 64.8 Å². The predicted octanol–water partition coefficient (Wildman–Crippen LogP) is 1.71. The van der Waals surface area contributed by atoms with E-state index in [4.69, 9.17) is 9.47 Å². The smallest absolute Gasteiger partial charge is 0.273 e. The topological polar surface area (TPSA) is 120 Å². The zero-order valence-corrected chi connectivity index (χ0v) is 18.2. The molecule has 2 aromatic heterocycles. The molecular weight excluding hydrogens is 431 g/mol. The van der Waals surface area contributed by atoms with Gasteiger partial charge in [-0.25, -0.2) is 9.07 Å². The zero-order valence-electron chi connectivity index (χ0n) is 18.2. The van der Waals surface area contributed by atoms with Crippen LogP contribution >= 0.6 is 0 Å². The minimum atomic E-state index is -0.581. The van der Waals surface area contributed by atoms with Gasteiger partial charge in [0.05, 0.1) is 19.4 Å².